The number of benzene rings is 2. The van der Waals surface area contributed by atoms with Gasteiger partial charge in [0.05, 0.1) is 0 Å². The number of fused-ring (bicyclic) bond motifs is 1. The number of hydrogen-bond donors (Lipinski definition) is 0. The Morgan fingerprint density at radius 1 is 0.625 bits per heavy atom. The Morgan fingerprint density at radius 3 is 1.31 bits per heavy atom. The summed E-state index contributed by atoms with van der Waals surface area (Å²) in [6, 6.07) is 8.11. The van der Waals surface area contributed by atoms with Crippen LogP contribution < -0.4 is 0 Å². The molecule has 0 aliphatic rings. The van der Waals surface area contributed by atoms with Gasteiger partial charge in [-0.3, -0.25) is 0 Å². The summed E-state index contributed by atoms with van der Waals surface area (Å²) in [4.78, 5) is 0. The largest absolute Gasteiger partial charge is 0.264 e. The van der Waals surface area contributed by atoms with Crippen LogP contribution in [0.1, 0.15) is 24.0 Å². The van der Waals surface area contributed by atoms with Crippen molar-refractivity contribution in [1.82, 2.24) is 0 Å². The molecule has 2 rings (SSSR count). The summed E-state index contributed by atoms with van der Waals surface area (Å²) in [7, 11) is 0. The first-order chi connectivity index (χ1) is 7.61. The molecule has 0 N–H and O–H groups in total. The minimum atomic E-state index is -2.66. The van der Waals surface area contributed by atoms with Gasteiger partial charge in [0, 0.05) is 11.1 Å². The predicted octanol–water partition coefficient (Wildman–Crippen LogP) is 4.72. The summed E-state index contributed by atoms with van der Waals surface area (Å²) in [5, 5.41) is 0.380. The van der Waals surface area contributed by atoms with E-state index in [1.165, 1.54) is 12.1 Å². The van der Waals surface area contributed by atoms with Gasteiger partial charge in [-0.1, -0.05) is 36.4 Å². The van der Waals surface area contributed by atoms with E-state index in [4.69, 9.17) is 0 Å². The highest BCUT2D eigenvalue weighted by Gasteiger charge is 2.17. The lowest BCUT2D eigenvalue weighted by Gasteiger charge is -2.09. The molecule has 16 heavy (non-hydrogen) atoms. The van der Waals surface area contributed by atoms with Crippen molar-refractivity contribution in [3.8, 4) is 0 Å². The first kappa shape index (κ1) is 10.9. The maximum absolute atomic E-state index is 12.6. The lowest BCUT2D eigenvalue weighted by atomic mass is 10.00. The van der Waals surface area contributed by atoms with E-state index in [2.05, 4.69) is 0 Å². The second-order valence-corrected chi connectivity index (χ2v) is 3.39. The van der Waals surface area contributed by atoms with E-state index in [0.29, 0.717) is 0 Å². The van der Waals surface area contributed by atoms with Crippen LogP contribution in [0.15, 0.2) is 36.4 Å². The van der Waals surface area contributed by atoms with Gasteiger partial charge in [-0.05, 0) is 10.8 Å². The van der Waals surface area contributed by atoms with Crippen LogP contribution in [0.25, 0.3) is 10.8 Å². The average molecular weight is 228 g/mol. The summed E-state index contributed by atoms with van der Waals surface area (Å²) in [6.07, 6.45) is -5.31. The molecule has 0 aliphatic carbocycles. The van der Waals surface area contributed by atoms with Crippen LogP contribution in [0.2, 0.25) is 0 Å². The zero-order valence-corrected chi connectivity index (χ0v) is 8.13. The summed E-state index contributed by atoms with van der Waals surface area (Å²) >= 11 is 0. The van der Waals surface area contributed by atoms with E-state index in [1.807, 2.05) is 0 Å². The maximum atomic E-state index is 12.6. The number of hydrogen-bond acceptors (Lipinski definition) is 0. The second-order valence-electron chi connectivity index (χ2n) is 3.39. The zero-order valence-electron chi connectivity index (χ0n) is 8.13. The Balaban J connectivity index is 2.77. The molecule has 4 heteroatoms. The summed E-state index contributed by atoms with van der Waals surface area (Å²) < 4.78 is 50.6. The van der Waals surface area contributed by atoms with E-state index in [0.717, 1.165) is 12.1 Å². The van der Waals surface area contributed by atoms with E-state index < -0.39 is 12.9 Å². The highest BCUT2D eigenvalue weighted by molar-refractivity contribution is 5.89. The van der Waals surface area contributed by atoms with Gasteiger partial charge in [-0.2, -0.15) is 0 Å². The summed E-state index contributed by atoms with van der Waals surface area (Å²) in [6.45, 7) is 0. The van der Waals surface area contributed by atoms with Gasteiger partial charge in [0.1, 0.15) is 0 Å². The van der Waals surface area contributed by atoms with Gasteiger partial charge in [0.15, 0.2) is 0 Å². The molecular formula is C12H8F4. The van der Waals surface area contributed by atoms with Crippen LogP contribution in [-0.2, 0) is 0 Å². The molecule has 0 nitrogen and oxygen atoms in total. The third kappa shape index (κ3) is 1.75. The van der Waals surface area contributed by atoms with Crippen molar-refractivity contribution in [3.63, 3.8) is 0 Å². The van der Waals surface area contributed by atoms with E-state index in [9.17, 15) is 17.6 Å². The maximum Gasteiger partial charge on any atom is 0.264 e. The first-order valence-corrected chi connectivity index (χ1v) is 4.69. The Kier molecular flexibility index (Phi) is 2.81. The molecule has 2 aromatic rings. The molecule has 0 aliphatic heterocycles. The normalized spacial score (nSPS) is 11.6. The minimum absolute atomic E-state index is 0.190. The SMILES string of the molecule is FC(F)c1ccc(C(F)F)c2ccccc12. The van der Waals surface area contributed by atoms with Crippen molar-refractivity contribution in [3.05, 3.63) is 47.5 Å². The molecule has 0 heterocycles. The zero-order chi connectivity index (χ0) is 11.7. The van der Waals surface area contributed by atoms with Crippen LogP contribution >= 0.6 is 0 Å². The quantitative estimate of drug-likeness (QED) is 0.652. The molecule has 0 saturated carbocycles. The number of alkyl halides is 4. The van der Waals surface area contributed by atoms with Crippen molar-refractivity contribution < 1.29 is 17.6 Å². The van der Waals surface area contributed by atoms with Gasteiger partial charge >= 0.3 is 0 Å². The van der Waals surface area contributed by atoms with Gasteiger partial charge in [-0.25, -0.2) is 17.6 Å². The highest BCUT2D eigenvalue weighted by atomic mass is 19.3. The van der Waals surface area contributed by atoms with Crippen LogP contribution in [0.4, 0.5) is 17.6 Å². The molecular weight excluding hydrogens is 220 g/mol. The lowest BCUT2D eigenvalue weighted by Crippen LogP contribution is -1.92. The van der Waals surface area contributed by atoms with E-state index >= 15 is 0 Å². The summed E-state index contributed by atoms with van der Waals surface area (Å²) in [5.74, 6) is 0. The molecule has 0 atom stereocenters. The fourth-order valence-electron chi connectivity index (χ4n) is 1.73. The molecule has 0 saturated heterocycles. The fraction of sp³-hybridized carbons (Fsp3) is 0.167. The second kappa shape index (κ2) is 4.12. The third-order valence-corrected chi connectivity index (χ3v) is 2.46. The Labute approximate surface area is 89.5 Å². The molecule has 0 bridgehead atoms. The minimum Gasteiger partial charge on any atom is -0.205 e. The fourth-order valence-corrected chi connectivity index (χ4v) is 1.73. The van der Waals surface area contributed by atoms with Crippen molar-refractivity contribution in [2.45, 2.75) is 12.9 Å². The average Bonchev–Trinajstić information content (AvgIpc) is 2.27. The van der Waals surface area contributed by atoms with Gasteiger partial charge in [0.25, 0.3) is 12.9 Å². The lowest BCUT2D eigenvalue weighted by molar-refractivity contribution is 0.149. The topological polar surface area (TPSA) is 0 Å². The highest BCUT2D eigenvalue weighted by Crippen LogP contribution is 2.33. The van der Waals surface area contributed by atoms with E-state index in [1.54, 1.807) is 12.1 Å². The van der Waals surface area contributed by atoms with Crippen molar-refractivity contribution in [1.29, 1.82) is 0 Å². The summed E-state index contributed by atoms with van der Waals surface area (Å²) in [5.41, 5.74) is -0.417. The Hall–Kier alpha value is -1.58. The molecule has 0 amide bonds. The van der Waals surface area contributed by atoms with Crippen molar-refractivity contribution in [2.24, 2.45) is 0 Å². The van der Waals surface area contributed by atoms with Crippen LogP contribution in [-0.4, -0.2) is 0 Å². The smallest absolute Gasteiger partial charge is 0.205 e. The van der Waals surface area contributed by atoms with Crippen LogP contribution in [0, 0.1) is 0 Å². The standard InChI is InChI=1S/C12H8F4/c13-11(14)9-5-6-10(12(15)16)8-4-2-1-3-7(8)9/h1-6,11-12H. The monoisotopic (exact) mass is 228 g/mol. The predicted molar refractivity (Wildman–Crippen MR) is 53.9 cm³/mol. The molecule has 0 aromatic heterocycles. The van der Waals surface area contributed by atoms with Crippen LogP contribution in [0.5, 0.6) is 0 Å². The molecule has 0 unspecified atom stereocenters. The Bertz CT molecular complexity index is 459. The van der Waals surface area contributed by atoms with Gasteiger partial charge < -0.3 is 0 Å². The van der Waals surface area contributed by atoms with E-state index in [-0.39, 0.29) is 21.9 Å². The number of rotatable bonds is 2. The molecule has 0 fully saturated rings. The number of halogens is 4. The molecule has 84 valence electrons. The van der Waals surface area contributed by atoms with Gasteiger partial charge in [0.2, 0.25) is 0 Å². The Morgan fingerprint density at radius 2 is 1.00 bits per heavy atom. The van der Waals surface area contributed by atoms with Crippen molar-refractivity contribution >= 4 is 10.8 Å². The molecule has 0 spiro atoms. The first-order valence-electron chi connectivity index (χ1n) is 4.69. The molecule has 2 aromatic carbocycles. The van der Waals surface area contributed by atoms with Crippen molar-refractivity contribution in [2.75, 3.05) is 0 Å². The van der Waals surface area contributed by atoms with Gasteiger partial charge in [-0.15, -0.1) is 0 Å². The van der Waals surface area contributed by atoms with Crippen LogP contribution in [0.3, 0.4) is 0 Å². The third-order valence-electron chi connectivity index (χ3n) is 2.46. The molecule has 0 radical (unpaired) electrons.